The molecule has 1 aliphatic carbocycles. The highest BCUT2D eigenvalue weighted by Crippen LogP contribution is 2.42. The molecular weight excluding hydrogens is 274 g/mol. The van der Waals surface area contributed by atoms with Gasteiger partial charge in [-0.15, -0.1) is 4.37 Å². The van der Waals surface area contributed by atoms with Gasteiger partial charge < -0.3 is 9.84 Å². The Morgan fingerprint density at radius 3 is 2.90 bits per heavy atom. The van der Waals surface area contributed by atoms with Crippen LogP contribution in [0.2, 0.25) is 0 Å². The molecule has 2 bridgehead atoms. The van der Waals surface area contributed by atoms with Gasteiger partial charge in [0.15, 0.2) is 0 Å². The van der Waals surface area contributed by atoms with Crippen LogP contribution in [0.3, 0.4) is 0 Å². The molecule has 20 heavy (non-hydrogen) atoms. The summed E-state index contributed by atoms with van der Waals surface area (Å²) in [5, 5.41) is 10.0. The van der Waals surface area contributed by atoms with Crippen molar-refractivity contribution in [2.24, 2.45) is 11.8 Å². The van der Waals surface area contributed by atoms with Crippen LogP contribution < -0.4 is 4.74 Å². The first kappa shape index (κ1) is 13.0. The third-order valence-corrected chi connectivity index (χ3v) is 5.59. The van der Waals surface area contributed by atoms with Crippen molar-refractivity contribution in [2.45, 2.75) is 50.9 Å². The molecule has 0 spiro atoms. The first-order valence-corrected chi connectivity index (χ1v) is 8.36. The Morgan fingerprint density at radius 1 is 1.25 bits per heavy atom. The summed E-state index contributed by atoms with van der Waals surface area (Å²) in [7, 11) is 0. The lowest BCUT2D eigenvalue weighted by atomic mass is 9.93. The molecule has 110 valence electrons. The van der Waals surface area contributed by atoms with Crippen LogP contribution in [-0.4, -0.2) is 44.1 Å². The monoisotopic (exact) mass is 295 g/mol. The van der Waals surface area contributed by atoms with Gasteiger partial charge in [0.25, 0.3) is 5.88 Å². The molecule has 4 rings (SSSR count). The average molecular weight is 295 g/mol. The quantitative estimate of drug-likeness (QED) is 0.918. The SMILES string of the molecule is CC(Oc1nsnc1C1CCC2CN1CC2O)C1CC1. The van der Waals surface area contributed by atoms with Crippen molar-refractivity contribution in [3.05, 3.63) is 5.69 Å². The minimum atomic E-state index is -0.165. The van der Waals surface area contributed by atoms with E-state index in [9.17, 15) is 5.11 Å². The third-order valence-electron chi connectivity index (χ3n) is 5.07. The Labute approximate surface area is 123 Å². The topological polar surface area (TPSA) is 58.5 Å². The molecule has 5 unspecified atom stereocenters. The van der Waals surface area contributed by atoms with Gasteiger partial charge in [0.2, 0.25) is 0 Å². The lowest BCUT2D eigenvalue weighted by Crippen LogP contribution is -2.31. The minimum Gasteiger partial charge on any atom is -0.472 e. The molecule has 5 nitrogen and oxygen atoms in total. The molecular formula is C14H21N3O2S. The van der Waals surface area contributed by atoms with Crippen LogP contribution in [0.25, 0.3) is 0 Å². The molecule has 2 aliphatic heterocycles. The normalized spacial score (nSPS) is 37.9. The molecule has 1 saturated carbocycles. The first-order valence-electron chi connectivity index (χ1n) is 7.63. The minimum absolute atomic E-state index is 0.165. The fourth-order valence-corrected chi connectivity index (χ4v) is 4.14. The van der Waals surface area contributed by atoms with E-state index in [-0.39, 0.29) is 18.2 Å². The first-order chi connectivity index (χ1) is 9.72. The van der Waals surface area contributed by atoms with Gasteiger partial charge in [-0.2, -0.15) is 4.37 Å². The predicted molar refractivity (Wildman–Crippen MR) is 75.8 cm³/mol. The van der Waals surface area contributed by atoms with Gasteiger partial charge in [0.1, 0.15) is 11.8 Å². The molecule has 0 amide bonds. The summed E-state index contributed by atoms with van der Waals surface area (Å²) in [5.74, 6) is 1.89. The van der Waals surface area contributed by atoms with Gasteiger partial charge in [-0.3, -0.25) is 4.90 Å². The number of hydrogen-bond donors (Lipinski definition) is 1. The highest BCUT2D eigenvalue weighted by molar-refractivity contribution is 6.99. The number of rotatable bonds is 4. The molecule has 1 aromatic heterocycles. The smallest absolute Gasteiger partial charge is 0.250 e. The standard InChI is InChI=1S/C14H21N3O2S/c1-8(9-2-3-9)19-14-13(15-20-16-14)11-5-4-10-6-17(11)7-12(10)18/h8-12,18H,2-7H2,1H3. The average Bonchev–Trinajstić information content (AvgIpc) is 3.14. The summed E-state index contributed by atoms with van der Waals surface area (Å²) in [5.41, 5.74) is 0.995. The maximum Gasteiger partial charge on any atom is 0.250 e. The van der Waals surface area contributed by atoms with Crippen molar-refractivity contribution in [3.8, 4) is 5.88 Å². The number of aliphatic hydroxyl groups excluding tert-OH is 1. The van der Waals surface area contributed by atoms with Gasteiger partial charge in [-0.05, 0) is 44.4 Å². The Hall–Kier alpha value is -0.720. The van der Waals surface area contributed by atoms with Crippen molar-refractivity contribution in [3.63, 3.8) is 0 Å². The van der Waals surface area contributed by atoms with E-state index in [0.29, 0.717) is 11.8 Å². The maximum atomic E-state index is 10.0. The molecule has 6 heteroatoms. The Kier molecular flexibility index (Phi) is 3.20. The number of aliphatic hydroxyl groups is 1. The van der Waals surface area contributed by atoms with E-state index in [1.165, 1.54) is 24.6 Å². The number of ether oxygens (including phenoxy) is 1. The second-order valence-electron chi connectivity index (χ2n) is 6.49. The summed E-state index contributed by atoms with van der Waals surface area (Å²) in [6.45, 7) is 3.89. The van der Waals surface area contributed by atoms with Crippen LogP contribution in [0, 0.1) is 11.8 Å². The molecule has 0 aromatic carbocycles. The fraction of sp³-hybridized carbons (Fsp3) is 0.857. The predicted octanol–water partition coefficient (Wildman–Crippen LogP) is 1.84. The summed E-state index contributed by atoms with van der Waals surface area (Å²) < 4.78 is 14.9. The number of hydrogen-bond acceptors (Lipinski definition) is 6. The number of aromatic nitrogens is 2. The largest absolute Gasteiger partial charge is 0.472 e. The van der Waals surface area contributed by atoms with Gasteiger partial charge in [-0.25, -0.2) is 0 Å². The Morgan fingerprint density at radius 2 is 2.10 bits per heavy atom. The molecule has 5 atom stereocenters. The van der Waals surface area contributed by atoms with E-state index in [0.717, 1.165) is 37.5 Å². The van der Waals surface area contributed by atoms with Crippen LogP contribution in [0.1, 0.15) is 44.3 Å². The van der Waals surface area contributed by atoms with E-state index in [4.69, 9.17) is 4.74 Å². The van der Waals surface area contributed by atoms with E-state index in [2.05, 4.69) is 20.6 Å². The fourth-order valence-electron chi connectivity index (χ4n) is 3.60. The molecule has 0 radical (unpaired) electrons. The van der Waals surface area contributed by atoms with Crippen molar-refractivity contribution in [1.29, 1.82) is 0 Å². The number of piperidine rings is 1. The van der Waals surface area contributed by atoms with Gasteiger partial charge in [0.05, 0.1) is 23.9 Å². The van der Waals surface area contributed by atoms with E-state index in [1.807, 2.05) is 0 Å². The van der Waals surface area contributed by atoms with Crippen LogP contribution >= 0.6 is 11.7 Å². The zero-order valence-electron chi connectivity index (χ0n) is 11.7. The molecule has 1 N–H and O–H groups in total. The molecule has 3 heterocycles. The molecule has 3 aliphatic rings. The van der Waals surface area contributed by atoms with Crippen molar-refractivity contribution < 1.29 is 9.84 Å². The van der Waals surface area contributed by atoms with Crippen LogP contribution in [0.15, 0.2) is 0 Å². The summed E-state index contributed by atoms with van der Waals surface area (Å²) in [6, 6.07) is 0.281. The van der Waals surface area contributed by atoms with Crippen molar-refractivity contribution in [1.82, 2.24) is 13.6 Å². The highest BCUT2D eigenvalue weighted by atomic mass is 32.1. The van der Waals surface area contributed by atoms with E-state index >= 15 is 0 Å². The second-order valence-corrected chi connectivity index (χ2v) is 7.02. The van der Waals surface area contributed by atoms with Gasteiger partial charge in [0, 0.05) is 13.1 Å². The summed E-state index contributed by atoms with van der Waals surface area (Å²) >= 11 is 1.25. The maximum absolute atomic E-state index is 10.0. The van der Waals surface area contributed by atoms with Gasteiger partial charge >= 0.3 is 0 Å². The van der Waals surface area contributed by atoms with Crippen LogP contribution in [0.5, 0.6) is 5.88 Å². The van der Waals surface area contributed by atoms with Crippen molar-refractivity contribution in [2.75, 3.05) is 13.1 Å². The number of nitrogens with zero attached hydrogens (tertiary/aromatic N) is 3. The molecule has 2 saturated heterocycles. The van der Waals surface area contributed by atoms with E-state index in [1.54, 1.807) is 0 Å². The summed E-state index contributed by atoms with van der Waals surface area (Å²) in [4.78, 5) is 2.35. The van der Waals surface area contributed by atoms with Crippen molar-refractivity contribution >= 4 is 11.7 Å². The van der Waals surface area contributed by atoms with Gasteiger partial charge in [-0.1, -0.05) is 0 Å². The zero-order valence-corrected chi connectivity index (χ0v) is 12.6. The number of fused-ring (bicyclic) bond motifs is 2. The van der Waals surface area contributed by atoms with E-state index < -0.39 is 0 Å². The highest BCUT2D eigenvalue weighted by Gasteiger charge is 2.42. The Balaban J connectivity index is 1.52. The lowest BCUT2D eigenvalue weighted by Gasteiger charge is -2.30. The molecule has 3 fully saturated rings. The third kappa shape index (κ3) is 2.23. The lowest BCUT2D eigenvalue weighted by molar-refractivity contribution is 0.144. The second kappa shape index (κ2) is 4.93. The zero-order chi connectivity index (χ0) is 13.7. The summed E-state index contributed by atoms with van der Waals surface area (Å²) in [6.07, 6.45) is 4.77. The van der Waals surface area contributed by atoms with Crippen LogP contribution in [0.4, 0.5) is 0 Å². The molecule has 1 aromatic rings. The van der Waals surface area contributed by atoms with Crippen LogP contribution in [-0.2, 0) is 0 Å². The Bertz CT molecular complexity index is 489.